The minimum Gasteiger partial charge on any atom is -0.497 e. The minimum absolute atomic E-state index is 0.00615. The summed E-state index contributed by atoms with van der Waals surface area (Å²) in [5.41, 5.74) is 5.92. The van der Waals surface area contributed by atoms with E-state index in [1.807, 2.05) is 42.2 Å². The van der Waals surface area contributed by atoms with Gasteiger partial charge in [0.25, 0.3) is 0 Å². The molecule has 0 radical (unpaired) electrons. The molecule has 1 saturated carbocycles. The topological polar surface area (TPSA) is 65.5 Å². The predicted octanol–water partition coefficient (Wildman–Crippen LogP) is 3.88. The largest absolute Gasteiger partial charge is 0.497 e. The van der Waals surface area contributed by atoms with Crippen LogP contribution >= 0.6 is 0 Å². The fourth-order valence-corrected chi connectivity index (χ4v) is 5.19. The summed E-state index contributed by atoms with van der Waals surface area (Å²) in [5, 5.41) is 0. The maximum absolute atomic E-state index is 13.5. The molecular formula is C27H32N4O3. The number of piperazine rings is 1. The number of nitrogens with zero attached hydrogens (tertiary/aromatic N) is 4. The molecule has 0 aromatic heterocycles. The van der Waals surface area contributed by atoms with Gasteiger partial charge >= 0.3 is 0 Å². The Labute approximate surface area is 201 Å². The first-order chi connectivity index (χ1) is 16.4. The van der Waals surface area contributed by atoms with E-state index in [0.29, 0.717) is 13.1 Å². The number of ether oxygens (including phenoxy) is 1. The number of carbonyl (C=O) groups excluding carboxylic acids is 2. The zero-order valence-corrected chi connectivity index (χ0v) is 20.2. The van der Waals surface area contributed by atoms with Gasteiger partial charge < -0.3 is 19.4 Å². The Bertz CT molecular complexity index is 1130. The highest BCUT2D eigenvalue weighted by Crippen LogP contribution is 2.39. The monoisotopic (exact) mass is 460 g/mol. The summed E-state index contributed by atoms with van der Waals surface area (Å²) in [7, 11) is 1.66. The van der Waals surface area contributed by atoms with E-state index in [0.717, 1.165) is 72.0 Å². The quantitative estimate of drug-likeness (QED) is 0.695. The van der Waals surface area contributed by atoms with Gasteiger partial charge in [0, 0.05) is 37.6 Å². The van der Waals surface area contributed by atoms with E-state index >= 15 is 0 Å². The normalized spacial score (nSPS) is 20.0. The van der Waals surface area contributed by atoms with Crippen molar-refractivity contribution < 1.29 is 14.3 Å². The van der Waals surface area contributed by atoms with E-state index in [9.17, 15) is 9.59 Å². The second-order valence-electron chi connectivity index (χ2n) is 9.46. The summed E-state index contributed by atoms with van der Waals surface area (Å²) in [6, 6.07) is 12.1. The smallest absolute Gasteiger partial charge is 0.242 e. The number of carbonyl (C=O) groups is 2. The average molecular weight is 461 g/mol. The molecule has 2 amide bonds. The second-order valence-corrected chi connectivity index (χ2v) is 9.46. The first kappa shape index (κ1) is 22.4. The van der Waals surface area contributed by atoms with Crippen molar-refractivity contribution in [1.29, 1.82) is 0 Å². The Morgan fingerprint density at radius 1 is 1.06 bits per heavy atom. The van der Waals surface area contributed by atoms with Crippen molar-refractivity contribution in [2.24, 2.45) is 10.9 Å². The van der Waals surface area contributed by atoms with Gasteiger partial charge in [-0.05, 0) is 80.6 Å². The molecule has 7 heteroatoms. The van der Waals surface area contributed by atoms with Gasteiger partial charge in [-0.1, -0.05) is 0 Å². The Hall–Kier alpha value is -3.35. The van der Waals surface area contributed by atoms with Crippen LogP contribution in [0.25, 0.3) is 0 Å². The van der Waals surface area contributed by atoms with Crippen LogP contribution in [0.3, 0.4) is 0 Å². The van der Waals surface area contributed by atoms with Crippen LogP contribution in [-0.2, 0) is 9.59 Å². The molecule has 2 aromatic rings. The Kier molecular flexibility index (Phi) is 6.02. The number of aryl methyl sites for hydroxylation is 2. The SMILES string of the molecule is COc1ccc(N2CCN(C(=O)CN3C(=O)[C@@H]4CCCC4=Nc4cc(C)c(C)cc43)CC2)cc1. The van der Waals surface area contributed by atoms with Crippen LogP contribution in [0.4, 0.5) is 17.1 Å². The van der Waals surface area contributed by atoms with Crippen molar-refractivity contribution >= 4 is 34.6 Å². The van der Waals surface area contributed by atoms with Gasteiger partial charge in [-0.2, -0.15) is 0 Å². The molecule has 0 unspecified atom stereocenters. The number of amides is 2. The lowest BCUT2D eigenvalue weighted by molar-refractivity contribution is -0.132. The molecule has 1 aliphatic carbocycles. The molecule has 2 heterocycles. The Morgan fingerprint density at radius 3 is 2.47 bits per heavy atom. The van der Waals surface area contributed by atoms with Crippen LogP contribution in [0.2, 0.25) is 0 Å². The highest BCUT2D eigenvalue weighted by atomic mass is 16.5. The minimum atomic E-state index is -0.201. The second kappa shape index (κ2) is 9.12. The standard InChI is InChI=1S/C27H32N4O3/c1-18-15-24-25(16-19(18)2)31(27(33)22-5-4-6-23(22)28-24)17-26(32)30-13-11-29(12-14-30)20-7-9-21(34-3)10-8-20/h7-10,15-16,22H,4-6,11-14,17H2,1-3H3/t22-/m1/s1. The van der Waals surface area contributed by atoms with Gasteiger partial charge in [0.1, 0.15) is 12.3 Å². The van der Waals surface area contributed by atoms with E-state index in [-0.39, 0.29) is 24.3 Å². The zero-order chi connectivity index (χ0) is 23.8. The summed E-state index contributed by atoms with van der Waals surface area (Å²) in [6.45, 7) is 6.96. The van der Waals surface area contributed by atoms with Crippen LogP contribution in [0.15, 0.2) is 41.4 Å². The molecule has 1 atom stereocenters. The zero-order valence-electron chi connectivity index (χ0n) is 20.2. The van der Waals surface area contributed by atoms with Crippen LogP contribution in [0, 0.1) is 19.8 Å². The van der Waals surface area contributed by atoms with Crippen LogP contribution in [-0.4, -0.2) is 62.3 Å². The van der Waals surface area contributed by atoms with Crippen LogP contribution < -0.4 is 14.5 Å². The summed E-state index contributed by atoms with van der Waals surface area (Å²) in [6.07, 6.45) is 2.65. The van der Waals surface area contributed by atoms with Crippen LogP contribution in [0.1, 0.15) is 30.4 Å². The van der Waals surface area contributed by atoms with Crippen molar-refractivity contribution in [3.63, 3.8) is 0 Å². The number of hydrogen-bond acceptors (Lipinski definition) is 5. The highest BCUT2D eigenvalue weighted by Gasteiger charge is 2.38. The first-order valence-corrected chi connectivity index (χ1v) is 12.1. The molecule has 7 nitrogen and oxygen atoms in total. The molecular weight excluding hydrogens is 428 g/mol. The number of benzene rings is 2. The molecule has 0 spiro atoms. The molecule has 1 saturated heterocycles. The third-order valence-corrected chi connectivity index (χ3v) is 7.40. The van der Waals surface area contributed by atoms with E-state index in [1.165, 1.54) is 0 Å². The molecule has 2 aromatic carbocycles. The fraction of sp³-hybridized carbons (Fsp3) is 0.444. The fourth-order valence-electron chi connectivity index (χ4n) is 5.19. The maximum Gasteiger partial charge on any atom is 0.242 e. The number of rotatable bonds is 4. The molecule has 5 rings (SSSR count). The number of aliphatic imine (C=N–C) groups is 1. The van der Waals surface area contributed by atoms with Crippen LogP contribution in [0.5, 0.6) is 5.75 Å². The molecule has 0 N–H and O–H groups in total. The van der Waals surface area contributed by atoms with E-state index in [2.05, 4.69) is 17.9 Å². The lowest BCUT2D eigenvalue weighted by atomic mass is 10.0. The van der Waals surface area contributed by atoms with E-state index in [4.69, 9.17) is 9.73 Å². The Morgan fingerprint density at radius 2 is 1.76 bits per heavy atom. The van der Waals surface area contributed by atoms with Gasteiger partial charge in [-0.25, -0.2) is 0 Å². The number of fused-ring (bicyclic) bond motifs is 2. The lowest BCUT2D eigenvalue weighted by Crippen LogP contribution is -2.52. The van der Waals surface area contributed by atoms with Gasteiger partial charge in [0.2, 0.25) is 11.8 Å². The number of hydrogen-bond donors (Lipinski definition) is 0. The van der Waals surface area contributed by atoms with Crippen molar-refractivity contribution in [2.75, 3.05) is 49.6 Å². The van der Waals surface area contributed by atoms with Gasteiger partial charge in [0.15, 0.2) is 0 Å². The lowest BCUT2D eigenvalue weighted by Gasteiger charge is -2.37. The third-order valence-electron chi connectivity index (χ3n) is 7.40. The molecule has 2 aliphatic heterocycles. The number of anilines is 2. The van der Waals surface area contributed by atoms with E-state index < -0.39 is 0 Å². The maximum atomic E-state index is 13.5. The van der Waals surface area contributed by atoms with Crippen molar-refractivity contribution in [3.05, 3.63) is 47.5 Å². The number of methoxy groups -OCH3 is 1. The highest BCUT2D eigenvalue weighted by molar-refractivity contribution is 6.16. The molecule has 178 valence electrons. The first-order valence-electron chi connectivity index (χ1n) is 12.1. The Balaban J connectivity index is 1.31. The van der Waals surface area contributed by atoms with Gasteiger partial charge in [-0.15, -0.1) is 0 Å². The van der Waals surface area contributed by atoms with Crippen molar-refractivity contribution in [3.8, 4) is 5.75 Å². The molecule has 34 heavy (non-hydrogen) atoms. The average Bonchev–Trinajstić information content (AvgIpc) is 3.29. The molecule has 0 bridgehead atoms. The van der Waals surface area contributed by atoms with Crippen molar-refractivity contribution in [2.45, 2.75) is 33.1 Å². The molecule has 3 aliphatic rings. The summed E-state index contributed by atoms with van der Waals surface area (Å²) < 4.78 is 5.25. The summed E-state index contributed by atoms with van der Waals surface area (Å²) in [5.74, 6) is 0.643. The summed E-state index contributed by atoms with van der Waals surface area (Å²) in [4.78, 5) is 37.7. The third kappa shape index (κ3) is 4.15. The van der Waals surface area contributed by atoms with Gasteiger partial charge in [-0.3, -0.25) is 14.6 Å². The molecule has 2 fully saturated rings. The van der Waals surface area contributed by atoms with E-state index in [1.54, 1.807) is 12.0 Å². The summed E-state index contributed by atoms with van der Waals surface area (Å²) >= 11 is 0. The van der Waals surface area contributed by atoms with Gasteiger partial charge in [0.05, 0.1) is 24.4 Å². The van der Waals surface area contributed by atoms with Crippen molar-refractivity contribution in [1.82, 2.24) is 4.90 Å². The predicted molar refractivity (Wildman–Crippen MR) is 134 cm³/mol.